The van der Waals surface area contributed by atoms with Crippen LogP contribution in [0.25, 0.3) is 21.3 Å². The lowest BCUT2D eigenvalue weighted by Crippen LogP contribution is -2.28. The topological polar surface area (TPSA) is 90.7 Å². The Labute approximate surface area is 153 Å². The standard InChI is InChI=1S/C18H18N2O5S/c1-9(18(22)23)20-8-19-16-15(17(20)21)14(10(2)26-16)11-5-6-12(24-3)13(7-11)25-4/h5-9H,1-4H3,(H,22,23). The Morgan fingerprint density at radius 3 is 2.58 bits per heavy atom. The Hall–Kier alpha value is -2.87. The molecule has 0 radical (unpaired) electrons. The number of ether oxygens (including phenoxy) is 2. The second-order valence-corrected chi connectivity index (χ2v) is 6.96. The molecule has 26 heavy (non-hydrogen) atoms. The fourth-order valence-electron chi connectivity index (χ4n) is 2.85. The number of aryl methyl sites for hydroxylation is 1. The van der Waals surface area contributed by atoms with Crippen molar-refractivity contribution in [1.82, 2.24) is 9.55 Å². The van der Waals surface area contributed by atoms with Crippen LogP contribution in [0.15, 0.2) is 29.3 Å². The summed E-state index contributed by atoms with van der Waals surface area (Å²) >= 11 is 1.40. The monoisotopic (exact) mass is 374 g/mol. The summed E-state index contributed by atoms with van der Waals surface area (Å²) in [5.41, 5.74) is 1.14. The third-order valence-electron chi connectivity index (χ3n) is 4.26. The Morgan fingerprint density at radius 1 is 1.27 bits per heavy atom. The molecule has 1 aromatic carbocycles. The quantitative estimate of drug-likeness (QED) is 0.738. The van der Waals surface area contributed by atoms with Crippen molar-refractivity contribution in [2.24, 2.45) is 0 Å². The fourth-order valence-corrected chi connectivity index (χ4v) is 3.85. The van der Waals surface area contributed by atoms with Crippen LogP contribution < -0.4 is 15.0 Å². The van der Waals surface area contributed by atoms with E-state index < -0.39 is 12.0 Å². The molecule has 1 atom stereocenters. The summed E-state index contributed by atoms with van der Waals surface area (Å²) in [7, 11) is 3.10. The van der Waals surface area contributed by atoms with Gasteiger partial charge >= 0.3 is 5.97 Å². The van der Waals surface area contributed by atoms with Gasteiger partial charge in [-0.05, 0) is 31.5 Å². The predicted molar refractivity (Wildman–Crippen MR) is 99.5 cm³/mol. The first-order valence-corrected chi connectivity index (χ1v) is 8.66. The van der Waals surface area contributed by atoms with E-state index in [0.29, 0.717) is 21.7 Å². The zero-order valence-electron chi connectivity index (χ0n) is 14.8. The molecule has 0 amide bonds. The van der Waals surface area contributed by atoms with E-state index in [1.54, 1.807) is 26.4 Å². The molecule has 0 aliphatic heterocycles. The smallest absolute Gasteiger partial charge is 0.326 e. The number of fused-ring (bicyclic) bond motifs is 1. The van der Waals surface area contributed by atoms with Crippen LogP contribution in [-0.2, 0) is 4.79 Å². The lowest BCUT2D eigenvalue weighted by atomic mass is 10.0. The maximum atomic E-state index is 13.0. The molecule has 2 heterocycles. The summed E-state index contributed by atoms with van der Waals surface area (Å²) in [6, 6.07) is 4.40. The molecule has 0 bridgehead atoms. The molecule has 0 fully saturated rings. The van der Waals surface area contributed by atoms with Crippen LogP contribution in [0, 0.1) is 6.92 Å². The van der Waals surface area contributed by atoms with E-state index in [4.69, 9.17) is 9.47 Å². The SMILES string of the molecule is COc1ccc(-c2c(C)sc3ncn(C(C)C(=O)O)c(=O)c23)cc1OC. The van der Waals surface area contributed by atoms with Gasteiger partial charge in [0.05, 0.1) is 25.9 Å². The lowest BCUT2D eigenvalue weighted by Gasteiger charge is -2.11. The molecule has 2 aromatic heterocycles. The number of hydrogen-bond acceptors (Lipinski definition) is 6. The molecular weight excluding hydrogens is 356 g/mol. The first-order chi connectivity index (χ1) is 12.4. The summed E-state index contributed by atoms with van der Waals surface area (Å²) in [5.74, 6) is 0.0446. The van der Waals surface area contributed by atoms with Crippen LogP contribution in [-0.4, -0.2) is 34.8 Å². The van der Waals surface area contributed by atoms with E-state index in [2.05, 4.69) is 4.98 Å². The molecule has 3 aromatic rings. The van der Waals surface area contributed by atoms with E-state index in [1.165, 1.54) is 24.6 Å². The Morgan fingerprint density at radius 2 is 1.96 bits per heavy atom. The number of carbonyl (C=O) groups is 1. The molecule has 0 aliphatic carbocycles. The third-order valence-corrected chi connectivity index (χ3v) is 5.27. The molecule has 8 heteroatoms. The van der Waals surface area contributed by atoms with Gasteiger partial charge in [0.2, 0.25) is 0 Å². The van der Waals surface area contributed by atoms with Gasteiger partial charge in [-0.1, -0.05) is 6.07 Å². The highest BCUT2D eigenvalue weighted by Crippen LogP contribution is 2.39. The van der Waals surface area contributed by atoms with Gasteiger partial charge in [0, 0.05) is 10.4 Å². The lowest BCUT2D eigenvalue weighted by molar-refractivity contribution is -0.140. The largest absolute Gasteiger partial charge is 0.493 e. The number of hydrogen-bond donors (Lipinski definition) is 1. The minimum absolute atomic E-state index is 0.376. The fraction of sp³-hybridized carbons (Fsp3) is 0.278. The van der Waals surface area contributed by atoms with Crippen molar-refractivity contribution >= 4 is 27.5 Å². The first kappa shape index (κ1) is 17.9. The second-order valence-electron chi connectivity index (χ2n) is 5.75. The molecule has 3 rings (SSSR count). The summed E-state index contributed by atoms with van der Waals surface area (Å²) in [6.07, 6.45) is 1.29. The number of thiophene rings is 1. The molecule has 0 saturated heterocycles. The summed E-state index contributed by atoms with van der Waals surface area (Å²) in [6.45, 7) is 3.36. The number of rotatable bonds is 5. The van der Waals surface area contributed by atoms with E-state index >= 15 is 0 Å². The van der Waals surface area contributed by atoms with Crippen molar-refractivity contribution in [3.05, 3.63) is 39.8 Å². The predicted octanol–water partition coefficient (Wildman–Crippen LogP) is 3.10. The normalized spacial score (nSPS) is 12.2. The molecule has 0 saturated carbocycles. The van der Waals surface area contributed by atoms with Crippen LogP contribution in [0.2, 0.25) is 0 Å². The van der Waals surface area contributed by atoms with Crippen molar-refractivity contribution in [3.63, 3.8) is 0 Å². The summed E-state index contributed by atoms with van der Waals surface area (Å²) in [4.78, 5) is 30.0. The van der Waals surface area contributed by atoms with Crippen molar-refractivity contribution in [2.45, 2.75) is 19.9 Å². The molecule has 1 unspecified atom stereocenters. The third kappa shape index (κ3) is 2.82. The Kier molecular flexibility index (Phi) is 4.69. The highest BCUT2D eigenvalue weighted by Gasteiger charge is 2.22. The number of aliphatic carboxylic acids is 1. The summed E-state index contributed by atoms with van der Waals surface area (Å²) in [5, 5.41) is 9.65. The number of nitrogens with zero attached hydrogens (tertiary/aromatic N) is 2. The number of benzene rings is 1. The second kappa shape index (κ2) is 6.80. The van der Waals surface area contributed by atoms with Crippen LogP contribution in [0.1, 0.15) is 17.8 Å². The van der Waals surface area contributed by atoms with Gasteiger partial charge < -0.3 is 14.6 Å². The molecule has 1 N–H and O–H groups in total. The van der Waals surface area contributed by atoms with Crippen molar-refractivity contribution in [3.8, 4) is 22.6 Å². The Bertz CT molecular complexity index is 1050. The van der Waals surface area contributed by atoms with Gasteiger partial charge in [-0.25, -0.2) is 9.78 Å². The Balaban J connectivity index is 2.30. The average molecular weight is 374 g/mol. The molecular formula is C18H18N2O5S. The minimum atomic E-state index is -1.09. The first-order valence-electron chi connectivity index (χ1n) is 7.84. The van der Waals surface area contributed by atoms with Crippen molar-refractivity contribution in [2.75, 3.05) is 14.2 Å². The number of carboxylic acid groups (broad SMARTS) is 1. The van der Waals surface area contributed by atoms with E-state index in [-0.39, 0.29) is 5.56 Å². The highest BCUT2D eigenvalue weighted by atomic mass is 32.1. The molecule has 136 valence electrons. The van der Waals surface area contributed by atoms with E-state index in [9.17, 15) is 14.7 Å². The van der Waals surface area contributed by atoms with E-state index in [0.717, 1.165) is 20.6 Å². The number of methoxy groups -OCH3 is 2. The van der Waals surface area contributed by atoms with Crippen LogP contribution >= 0.6 is 11.3 Å². The van der Waals surface area contributed by atoms with Gasteiger partial charge in [0.15, 0.2) is 11.5 Å². The number of carboxylic acids is 1. The van der Waals surface area contributed by atoms with Crippen molar-refractivity contribution < 1.29 is 19.4 Å². The zero-order valence-corrected chi connectivity index (χ0v) is 15.6. The minimum Gasteiger partial charge on any atom is -0.493 e. The average Bonchev–Trinajstić information content (AvgIpc) is 2.97. The molecule has 0 aliphatic rings. The van der Waals surface area contributed by atoms with Gasteiger partial charge in [0.1, 0.15) is 10.9 Å². The zero-order chi connectivity index (χ0) is 19.0. The van der Waals surface area contributed by atoms with Gasteiger partial charge in [-0.3, -0.25) is 9.36 Å². The summed E-state index contributed by atoms with van der Waals surface area (Å²) < 4.78 is 11.8. The van der Waals surface area contributed by atoms with Gasteiger partial charge in [-0.2, -0.15) is 0 Å². The van der Waals surface area contributed by atoms with Gasteiger partial charge in [0.25, 0.3) is 5.56 Å². The van der Waals surface area contributed by atoms with Crippen LogP contribution in [0.3, 0.4) is 0 Å². The highest BCUT2D eigenvalue weighted by molar-refractivity contribution is 7.19. The van der Waals surface area contributed by atoms with Gasteiger partial charge in [-0.15, -0.1) is 11.3 Å². The van der Waals surface area contributed by atoms with Crippen LogP contribution in [0.5, 0.6) is 11.5 Å². The molecule has 7 nitrogen and oxygen atoms in total. The number of aromatic nitrogens is 2. The van der Waals surface area contributed by atoms with Crippen molar-refractivity contribution in [1.29, 1.82) is 0 Å². The van der Waals surface area contributed by atoms with Crippen LogP contribution in [0.4, 0.5) is 0 Å². The maximum Gasteiger partial charge on any atom is 0.326 e. The molecule has 0 spiro atoms. The van der Waals surface area contributed by atoms with E-state index in [1.807, 2.05) is 13.0 Å². The maximum absolute atomic E-state index is 13.0.